The highest BCUT2D eigenvalue weighted by molar-refractivity contribution is 5.74. The molecule has 1 unspecified atom stereocenters. The van der Waals surface area contributed by atoms with Crippen LogP contribution in [0.5, 0.6) is 0 Å². The molecule has 57 nitrogen and oxygen atoms in total. The van der Waals surface area contributed by atoms with Gasteiger partial charge in [0.15, 0.2) is 69.2 Å². The van der Waals surface area contributed by atoms with Crippen LogP contribution in [0.15, 0.2) is 0 Å². The average Bonchev–Trinajstić information content (AvgIpc) is 0.990. The van der Waals surface area contributed by atoms with Crippen molar-refractivity contribution in [1.29, 1.82) is 0 Å². The second kappa shape index (κ2) is 46.1. The van der Waals surface area contributed by atoms with Crippen LogP contribution in [-0.4, -0.2) is 557 Å². The van der Waals surface area contributed by atoms with Gasteiger partial charge in [0.25, 0.3) is 0 Å². The normalized spacial score (nSPS) is 50.3. The van der Waals surface area contributed by atoms with Gasteiger partial charge in [-0.15, -0.1) is 0 Å². The van der Waals surface area contributed by atoms with Gasteiger partial charge in [-0.2, -0.15) is 0 Å². The molecule has 0 spiro atoms. The molecule has 0 radical (unpaired) electrons. The van der Waals surface area contributed by atoms with Crippen molar-refractivity contribution in [3.63, 3.8) is 0 Å². The molecule has 130 heavy (non-hydrogen) atoms. The van der Waals surface area contributed by atoms with E-state index in [0.29, 0.717) is 0 Å². The summed E-state index contributed by atoms with van der Waals surface area (Å²) in [7, 11) is 0. The lowest BCUT2D eigenvalue weighted by Gasteiger charge is -2.52. The summed E-state index contributed by atoms with van der Waals surface area (Å²) >= 11 is 0. The first-order valence-electron chi connectivity index (χ1n) is 41.8. The van der Waals surface area contributed by atoms with E-state index in [-0.39, 0.29) is 0 Å². The van der Waals surface area contributed by atoms with E-state index in [1.54, 1.807) is 0 Å². The van der Waals surface area contributed by atoms with Crippen LogP contribution in [0.4, 0.5) is 0 Å². The zero-order chi connectivity index (χ0) is 95.5. The second-order valence-corrected chi connectivity index (χ2v) is 33.3. The summed E-state index contributed by atoms with van der Waals surface area (Å²) in [6.07, 6.45) is -106. The number of rotatable bonds is 33. The Morgan fingerprint density at radius 2 is 0.492 bits per heavy atom. The summed E-state index contributed by atoms with van der Waals surface area (Å²) < 4.78 is 128. The fraction of sp³-hybridized carbons (Fsp3) is 0.945. The van der Waals surface area contributed by atoms with E-state index < -0.39 is 415 Å². The Bertz CT molecular complexity index is 3560. The van der Waals surface area contributed by atoms with Crippen molar-refractivity contribution in [3.8, 4) is 0 Å². The standard InChI is InChI=1S/C73H122N4O53/c1-16-35(89)46(100)52(106)67(112-16)110-15-30-56(123-70-54(108)48(102)38(92)23(8-79)116-70)45(99)33(76-20(5)87)66(122-30)128-60-49(103)39(93)24(9-80)118-71(60)111-14-29-42(96)59(127-72-61(50(104)40(94)25(10-81)119-72)129-64-31(74-18(3)85)43(97)37(91)22(7-78)115-64)62(130-69-51(105)41(95)26(11-82)117-69)73(121-29)124-55-27(12-83)120-65(32(44(55)98)75-19(4)86)125-57-28(13-84)114-63(109)34(77-21(6)88)58(57)126-68-53(107)47(101)36(90)17(2)113-68/h16-17,22-73,78-84,89-109H,7-15H2,1-6H3,(H,74,85)(H,75,86)(H,76,87)(H,77,88)/t16-,17-,22+,23+,24+,25+,26+,27+,28+,29+,30+,31+,32+,33+,34+,35+,36+,37+,38-,39+,40+,41-,42+,43+,44+,45+,46+,47+,48-,49-,50-,51+,52-,53-,54+,55+,56+,57+,58+,59-,60-,61-,62-,63?,64-,65-,66-,67+,68-,69-,70-,71-,72+,73-/m0/s1. The predicted molar refractivity (Wildman–Crippen MR) is 400 cm³/mol. The van der Waals surface area contributed by atoms with Crippen LogP contribution in [0.2, 0.25) is 0 Å². The fourth-order valence-electron chi connectivity index (χ4n) is 17.0. The maximum Gasteiger partial charge on any atom is 0.217 e. The van der Waals surface area contributed by atoms with Crippen LogP contribution >= 0.6 is 0 Å². The Hall–Kier alpha value is -4.08. The minimum Gasteiger partial charge on any atom is -0.394 e. The number of carbonyl (C=O) groups excluding carboxylic acids is 4. The van der Waals surface area contributed by atoms with E-state index in [1.165, 1.54) is 13.8 Å². The first-order chi connectivity index (χ1) is 61.5. The molecule has 57 heteroatoms. The van der Waals surface area contributed by atoms with Crippen molar-refractivity contribution in [2.75, 3.05) is 59.5 Å². The number of aliphatic hydroxyl groups is 28. The highest BCUT2D eigenvalue weighted by Crippen LogP contribution is 2.43. The number of hydrogen-bond donors (Lipinski definition) is 32. The van der Waals surface area contributed by atoms with Gasteiger partial charge in [0.1, 0.15) is 250 Å². The van der Waals surface area contributed by atoms with Gasteiger partial charge in [0, 0.05) is 27.7 Å². The lowest BCUT2D eigenvalue weighted by atomic mass is 9.93. The summed E-state index contributed by atoms with van der Waals surface area (Å²) in [5, 5.41) is 325. The van der Waals surface area contributed by atoms with Crippen LogP contribution < -0.4 is 21.3 Å². The molecule has 0 aromatic rings. The van der Waals surface area contributed by atoms with Crippen LogP contribution in [-0.2, 0) is 119 Å². The molecule has 11 saturated heterocycles. The Kier molecular flexibility index (Phi) is 37.7. The number of amides is 4. The number of aliphatic hydroxyl groups excluding tert-OH is 28. The third-order valence-corrected chi connectivity index (χ3v) is 24.1. The van der Waals surface area contributed by atoms with Gasteiger partial charge in [0.05, 0.1) is 71.7 Å². The van der Waals surface area contributed by atoms with Gasteiger partial charge in [-0.1, -0.05) is 0 Å². The van der Waals surface area contributed by atoms with Crippen LogP contribution in [0, 0.1) is 0 Å². The number of carbonyl (C=O) groups is 4. The summed E-state index contributed by atoms with van der Waals surface area (Å²) in [6.45, 7) is -4.18. The molecule has 0 aromatic heterocycles. The van der Waals surface area contributed by atoms with Gasteiger partial charge in [-0.05, 0) is 13.8 Å². The first kappa shape index (κ1) is 106. The monoisotopic (exact) mass is 1900 g/mol. The quantitative estimate of drug-likeness (QED) is 0.0290. The molecular formula is C73H122N4O53. The zero-order valence-corrected chi connectivity index (χ0v) is 70.3. The average molecular weight is 1900 g/mol. The van der Waals surface area contributed by atoms with Crippen molar-refractivity contribution in [2.45, 2.75) is 373 Å². The topological polar surface area (TPSA) is 877 Å². The lowest BCUT2D eigenvalue weighted by molar-refractivity contribution is -0.407. The zero-order valence-electron chi connectivity index (χ0n) is 70.3. The first-order valence-corrected chi connectivity index (χ1v) is 41.8. The fourth-order valence-corrected chi connectivity index (χ4v) is 17.0. The summed E-state index contributed by atoms with van der Waals surface area (Å²) in [4.78, 5) is 52.5. The Morgan fingerprint density at radius 1 is 0.215 bits per heavy atom. The van der Waals surface area contributed by atoms with E-state index in [2.05, 4.69) is 21.3 Å². The molecule has 11 rings (SSSR count). The molecule has 0 saturated carbocycles. The molecule has 4 amide bonds. The maximum atomic E-state index is 13.6. The molecule has 11 aliphatic rings. The summed E-state index contributed by atoms with van der Waals surface area (Å²) in [6, 6.07) is -7.87. The molecule has 752 valence electrons. The second-order valence-electron chi connectivity index (χ2n) is 33.3. The van der Waals surface area contributed by atoms with E-state index in [0.717, 1.165) is 27.7 Å². The molecule has 11 fully saturated rings. The van der Waals surface area contributed by atoms with E-state index in [9.17, 15) is 162 Å². The number of nitrogens with one attached hydrogen (secondary N) is 4. The Morgan fingerprint density at radius 3 is 0.969 bits per heavy atom. The van der Waals surface area contributed by atoms with Crippen molar-refractivity contribution < 1.29 is 262 Å². The molecular weight excluding hydrogens is 1780 g/mol. The molecule has 0 aliphatic carbocycles. The molecule has 0 aromatic carbocycles. The van der Waals surface area contributed by atoms with Crippen molar-refractivity contribution in [2.24, 2.45) is 0 Å². The lowest BCUT2D eigenvalue weighted by Crippen LogP contribution is -2.71. The SMILES string of the molecule is CC(=O)N[C@H]1[C@H](O[C@@H]2[C@@H](OC[C@H]3O[C@@H](O[C@H]4[C@H](O)[C@@H](NC(C)=O)[C@H](O[C@H]5[C@H](O[C@@H]6O[C@@H](C)[C@@H](O)[C@@H](O)[C@@H]6O)[C@@H](NC(C)=O)C(O)O[C@@H]5CO)O[C@@H]4CO)[C@@H](O[C@@H]4O[C@H](CO)[C@H](O)[C@H]4O)[C@@H](O[C@H]4O[C@H](CO)[C@@H](O)[C@H](O)[C@@H]4O[C@@H]4O[C@H](CO)[C@@H](O)[C@H](O)[C@H]4NC(C)=O)[C@@H]3O)O[C@H](CO)[C@@H](O)[C@@H]2O)O[C@H](CO[C@@H]2O[C@@H](C)[C@@H](O)[C@@H](O)[C@@H]2O)[C@@H](O[C@@H]2O[C@H](CO)[C@H](O)[C@H](O)[C@H]2O)[C@@H]1O. The third-order valence-electron chi connectivity index (χ3n) is 24.1. The Balaban J connectivity index is 0.996. The van der Waals surface area contributed by atoms with Gasteiger partial charge in [-0.3, -0.25) is 19.2 Å². The molecule has 11 aliphatic heterocycles. The van der Waals surface area contributed by atoms with Crippen molar-refractivity contribution >= 4 is 23.6 Å². The maximum absolute atomic E-state index is 13.6. The summed E-state index contributed by atoms with van der Waals surface area (Å²) in [5.41, 5.74) is 0. The highest BCUT2D eigenvalue weighted by atomic mass is 16.8. The molecule has 54 atom stereocenters. The minimum absolute atomic E-state index is 0.887. The minimum atomic E-state index is -2.63. The smallest absolute Gasteiger partial charge is 0.217 e. The Labute approximate surface area is 736 Å². The van der Waals surface area contributed by atoms with Crippen molar-refractivity contribution in [1.82, 2.24) is 21.3 Å². The largest absolute Gasteiger partial charge is 0.394 e. The predicted octanol–water partition coefficient (Wildman–Crippen LogP) is -21.7. The van der Waals surface area contributed by atoms with Crippen LogP contribution in [0.3, 0.4) is 0 Å². The van der Waals surface area contributed by atoms with Crippen molar-refractivity contribution in [3.05, 3.63) is 0 Å². The number of ether oxygens (including phenoxy) is 21. The van der Waals surface area contributed by atoms with E-state index >= 15 is 0 Å². The number of hydrogen-bond acceptors (Lipinski definition) is 53. The van der Waals surface area contributed by atoms with Gasteiger partial charge >= 0.3 is 0 Å². The molecule has 32 N–H and O–H groups in total. The molecule has 0 bridgehead atoms. The molecule has 11 heterocycles. The highest BCUT2D eigenvalue weighted by Gasteiger charge is 2.63. The van der Waals surface area contributed by atoms with E-state index in [4.69, 9.17) is 99.5 Å². The van der Waals surface area contributed by atoms with Gasteiger partial charge in [0.2, 0.25) is 23.6 Å². The summed E-state index contributed by atoms with van der Waals surface area (Å²) in [5.74, 6) is -3.87. The van der Waals surface area contributed by atoms with Gasteiger partial charge in [-0.25, -0.2) is 0 Å². The van der Waals surface area contributed by atoms with Crippen LogP contribution in [0.25, 0.3) is 0 Å². The van der Waals surface area contributed by atoms with Crippen LogP contribution in [0.1, 0.15) is 41.5 Å². The van der Waals surface area contributed by atoms with Gasteiger partial charge < -0.3 is 264 Å². The third kappa shape index (κ3) is 23.2. The van der Waals surface area contributed by atoms with E-state index in [1.807, 2.05) is 0 Å².